The highest BCUT2D eigenvalue weighted by Crippen LogP contribution is 2.45. The first-order valence-corrected chi connectivity index (χ1v) is 46.6. The largest absolute Gasteiger partial charge is 0.416 e. The van der Waals surface area contributed by atoms with Crippen LogP contribution in [0.2, 0.25) is 0 Å². The maximum Gasteiger partial charge on any atom is 0.416 e. The average Bonchev–Trinajstić information content (AvgIpc) is 1.82. The number of ether oxygens (including phenoxy) is 3. The summed E-state index contributed by atoms with van der Waals surface area (Å²) in [7, 11) is 0. The molecule has 20 aromatic rings. The lowest BCUT2D eigenvalue weighted by atomic mass is 9.97. The van der Waals surface area contributed by atoms with E-state index in [9.17, 15) is 17.6 Å². The molecule has 138 heavy (non-hydrogen) atoms. The van der Waals surface area contributed by atoms with Crippen molar-refractivity contribution in [3.63, 3.8) is 0 Å². The van der Waals surface area contributed by atoms with E-state index in [1.165, 1.54) is 65.6 Å². The van der Waals surface area contributed by atoms with Crippen molar-refractivity contribution >= 4 is 56.5 Å². The summed E-state index contributed by atoms with van der Waals surface area (Å²) >= 11 is 0. The number of rotatable bonds is 15. The topological polar surface area (TPSA) is 205 Å². The Morgan fingerprint density at radius 2 is 0.609 bits per heavy atom. The molecule has 2 aliphatic carbocycles. The van der Waals surface area contributed by atoms with Gasteiger partial charge in [0.1, 0.15) is 40.2 Å². The molecule has 0 N–H and O–H groups in total. The molecule has 0 spiro atoms. The van der Waals surface area contributed by atoms with Crippen molar-refractivity contribution in [2.45, 2.75) is 57.5 Å². The van der Waals surface area contributed by atoms with Crippen molar-refractivity contribution in [2.75, 3.05) is 93.6 Å². The van der Waals surface area contributed by atoms with Gasteiger partial charge < -0.3 is 28.9 Å². The number of aromatic nitrogens is 15. The predicted octanol–water partition coefficient (Wildman–Crippen LogP) is 23.9. The fourth-order valence-corrected chi connectivity index (χ4v) is 18.2. The third-order valence-electron chi connectivity index (χ3n) is 25.6. The van der Waals surface area contributed by atoms with E-state index in [0.717, 1.165) is 243 Å². The van der Waals surface area contributed by atoms with Gasteiger partial charge in [-0.05, 0) is 219 Å². The molecule has 0 unspecified atom stereocenters. The van der Waals surface area contributed by atoms with Crippen molar-refractivity contribution in [2.24, 2.45) is 0 Å². The number of halogens is 4. The quantitative estimate of drug-likeness (QED) is 0.0875. The number of fused-ring (bicyclic) bond motifs is 5. The second kappa shape index (κ2) is 39.9. The highest BCUT2D eigenvalue weighted by Gasteiger charge is 2.32. The van der Waals surface area contributed by atoms with E-state index < -0.39 is 11.7 Å². The summed E-state index contributed by atoms with van der Waals surface area (Å²) in [4.78, 5) is 61.1. The molecule has 5 aliphatic rings. The number of hydrogen-bond donors (Lipinski definition) is 0. The van der Waals surface area contributed by atoms with Crippen LogP contribution in [0.4, 0.5) is 35.0 Å². The minimum atomic E-state index is -4.40. The standard InChI is InChI=1S/C25H24N4O.C23H21FN4O.C23H22N4O.C22H17N3.C20H12F3N3/c1-3-19(18-6-7-18)15-20(4-1)25-22(5-2-10-26-25)21-8-9-23-27-16-24(29(23)17-21)28-11-13-30-14-12-28;1-16-13-17(4-6-20(16)24)23-19(3-2-8-25-23)18-5-7-21-26-14-22(28(21)15-18)27-9-11-29-12-10-27;1-17-4-2-5-18(14-17)23-20(6-3-9-24-23)19-7-8-21-25-15-22(27(21)16-19)26-10-12-28-13-11-26;1-3-16(15-6-7-15)13-18(4-1)22-19(5-2-10-25-22)17-8-9-20-21(14-17)24-12-11-23-20;21-20(22,23)15-4-1-3-14(11-15)19-16(5-2-8-26-19)13-6-7-17-18(12-13)25-10-9-24-17/h1-5,8-10,15-18H,6-7,11-14H2;2-8,13-15H,9-12H2,1H3;2-9,14-16H,10-13H2,1H3;1-5,8-15H,6-7H2;1-12H. The van der Waals surface area contributed by atoms with Crippen LogP contribution in [0.15, 0.2) is 342 Å². The number of nitrogens with zero attached hydrogens (tertiary/aromatic N) is 18. The fourth-order valence-electron chi connectivity index (χ4n) is 18.2. The van der Waals surface area contributed by atoms with Crippen LogP contribution in [-0.2, 0) is 20.4 Å². The Kier molecular flexibility index (Phi) is 25.6. The molecule has 13 aromatic heterocycles. The van der Waals surface area contributed by atoms with E-state index in [4.69, 9.17) is 29.2 Å². The van der Waals surface area contributed by atoms with Gasteiger partial charge in [0.05, 0.1) is 114 Å². The second-order valence-corrected chi connectivity index (χ2v) is 34.8. The Balaban J connectivity index is 0.000000103. The molecule has 16 heterocycles. The Morgan fingerprint density at radius 1 is 0.283 bits per heavy atom. The number of morpholine rings is 3. The molecular formula is C113H96F4N18O3. The lowest BCUT2D eigenvalue weighted by molar-refractivity contribution is -0.137. The highest BCUT2D eigenvalue weighted by atomic mass is 19.4. The van der Waals surface area contributed by atoms with Crippen LogP contribution in [-0.4, -0.2) is 152 Å². The molecule has 2 saturated carbocycles. The van der Waals surface area contributed by atoms with Crippen LogP contribution in [0, 0.1) is 19.7 Å². The van der Waals surface area contributed by atoms with Crippen LogP contribution in [0.25, 0.3) is 151 Å². The van der Waals surface area contributed by atoms with Gasteiger partial charge in [0.15, 0.2) is 0 Å². The van der Waals surface area contributed by atoms with Crippen LogP contribution in [0.3, 0.4) is 0 Å². The summed E-state index contributed by atoms with van der Waals surface area (Å²) < 4.78 is 75.9. The second-order valence-electron chi connectivity index (χ2n) is 34.8. The Hall–Kier alpha value is -16.0. The third kappa shape index (κ3) is 19.7. The normalized spacial score (nSPS) is 14.4. The fraction of sp³-hybridized carbons (Fsp3) is 0.186. The maximum atomic E-state index is 13.8. The molecule has 0 radical (unpaired) electrons. The Labute approximate surface area is 795 Å². The monoisotopic (exact) mass is 1830 g/mol. The highest BCUT2D eigenvalue weighted by molar-refractivity contribution is 5.90. The van der Waals surface area contributed by atoms with Gasteiger partial charge in [0, 0.05) is 186 Å². The van der Waals surface area contributed by atoms with Gasteiger partial charge >= 0.3 is 6.18 Å². The number of pyridine rings is 8. The van der Waals surface area contributed by atoms with E-state index in [1.807, 2.05) is 110 Å². The summed E-state index contributed by atoms with van der Waals surface area (Å²) in [6.07, 6.45) is 28.7. The molecule has 5 fully saturated rings. The number of imidazole rings is 3. The SMILES string of the molecule is Cc1cc(-c2ncccc2-c2ccc3ncc(N4CCOCC4)n3c2)ccc1F.Cc1cccc(-c2ncccc2-c2ccc3ncc(N4CCOCC4)n3c2)c1.FC(F)(F)c1cccc(-c2ncccc2-c2ccc3nccnc3c2)c1.c1cc(-c2ncccc2-c2ccc3ncc(N4CCOCC4)n3c2)cc(C2CC2)c1.c1cc(-c2ncccc2-c2ccc3nccnc3c2)cc(C2CC2)c1. The molecule has 684 valence electrons. The molecule has 0 atom stereocenters. The first-order valence-electron chi connectivity index (χ1n) is 46.6. The zero-order valence-electron chi connectivity index (χ0n) is 76.1. The van der Waals surface area contributed by atoms with E-state index >= 15 is 0 Å². The predicted molar refractivity (Wildman–Crippen MR) is 535 cm³/mol. The third-order valence-corrected chi connectivity index (χ3v) is 25.6. The zero-order valence-corrected chi connectivity index (χ0v) is 76.1. The van der Waals surface area contributed by atoms with E-state index in [2.05, 4.69) is 232 Å². The van der Waals surface area contributed by atoms with E-state index in [-0.39, 0.29) is 5.82 Å². The first-order chi connectivity index (χ1) is 67.8. The maximum absolute atomic E-state index is 13.8. The smallest absolute Gasteiger partial charge is 0.378 e. The Bertz CT molecular complexity index is 7790. The summed E-state index contributed by atoms with van der Waals surface area (Å²) in [6, 6.07) is 80.8. The van der Waals surface area contributed by atoms with Crippen molar-refractivity contribution in [1.29, 1.82) is 0 Å². The van der Waals surface area contributed by atoms with Crippen molar-refractivity contribution in [3.05, 3.63) is 375 Å². The zero-order chi connectivity index (χ0) is 93.4. The van der Waals surface area contributed by atoms with Gasteiger partial charge in [-0.1, -0.05) is 115 Å². The first kappa shape index (κ1) is 88.6. The van der Waals surface area contributed by atoms with Crippen LogP contribution in [0.5, 0.6) is 0 Å². The minimum absolute atomic E-state index is 0.207. The van der Waals surface area contributed by atoms with Gasteiger partial charge in [-0.3, -0.25) is 58.1 Å². The Morgan fingerprint density at radius 3 is 0.971 bits per heavy atom. The lowest BCUT2D eigenvalue weighted by Gasteiger charge is -2.28. The van der Waals surface area contributed by atoms with E-state index in [0.29, 0.717) is 22.3 Å². The number of benzene rings is 7. The van der Waals surface area contributed by atoms with Gasteiger partial charge in [0.25, 0.3) is 0 Å². The van der Waals surface area contributed by atoms with Crippen LogP contribution < -0.4 is 14.7 Å². The van der Waals surface area contributed by atoms with Gasteiger partial charge in [0.2, 0.25) is 0 Å². The van der Waals surface area contributed by atoms with Gasteiger partial charge in [-0.2, -0.15) is 13.2 Å². The van der Waals surface area contributed by atoms with Gasteiger partial charge in [-0.15, -0.1) is 0 Å². The van der Waals surface area contributed by atoms with Crippen LogP contribution in [0.1, 0.15) is 65.3 Å². The van der Waals surface area contributed by atoms with Crippen molar-refractivity contribution < 1.29 is 31.8 Å². The molecule has 25 heteroatoms. The number of alkyl halides is 3. The lowest BCUT2D eigenvalue weighted by Crippen LogP contribution is -2.36. The number of hydrogen-bond acceptors (Lipinski definition) is 18. The van der Waals surface area contributed by atoms with E-state index in [1.54, 1.807) is 62.3 Å². The summed E-state index contributed by atoms with van der Waals surface area (Å²) in [5.41, 5.74) is 29.7. The summed E-state index contributed by atoms with van der Waals surface area (Å²) in [5, 5.41) is 0. The summed E-state index contributed by atoms with van der Waals surface area (Å²) in [6.45, 7) is 13.6. The molecule has 25 rings (SSSR count). The van der Waals surface area contributed by atoms with Crippen molar-refractivity contribution in [1.82, 2.24) is 73.0 Å². The molecule has 3 aliphatic heterocycles. The number of aryl methyl sites for hydroxylation is 2. The van der Waals surface area contributed by atoms with Crippen LogP contribution >= 0.6 is 0 Å². The molecule has 0 amide bonds. The molecule has 7 aromatic carbocycles. The average molecular weight is 1830 g/mol. The summed E-state index contributed by atoms with van der Waals surface area (Å²) in [5.74, 6) is 4.56. The number of anilines is 3. The van der Waals surface area contributed by atoms with Crippen molar-refractivity contribution in [3.8, 4) is 112 Å². The minimum Gasteiger partial charge on any atom is -0.378 e. The molecule has 0 bridgehead atoms. The molecule has 21 nitrogen and oxygen atoms in total. The van der Waals surface area contributed by atoms with Gasteiger partial charge in [-0.25, -0.2) is 19.3 Å². The molecular weight excluding hydrogens is 1730 g/mol. The molecule has 3 saturated heterocycles.